The summed E-state index contributed by atoms with van der Waals surface area (Å²) in [6, 6.07) is 7.87. The Morgan fingerprint density at radius 2 is 1.85 bits per heavy atom. The molecule has 3 rings (SSSR count). The summed E-state index contributed by atoms with van der Waals surface area (Å²) >= 11 is 0. The number of carbonyl (C=O) groups excluding carboxylic acids is 1. The molecule has 0 unspecified atom stereocenters. The molecule has 1 aromatic carbocycles. The first kappa shape index (κ1) is 20.2. The van der Waals surface area contributed by atoms with Crippen LogP contribution in [0.4, 0.5) is 24.7 Å². The van der Waals surface area contributed by atoms with Crippen LogP contribution in [0.3, 0.4) is 0 Å². The minimum atomic E-state index is -5.08. The van der Waals surface area contributed by atoms with Crippen LogP contribution in [0.5, 0.6) is 0 Å². The van der Waals surface area contributed by atoms with Gasteiger partial charge in [0.25, 0.3) is 0 Å². The third kappa shape index (κ3) is 5.44. The highest BCUT2D eigenvalue weighted by Gasteiger charge is 2.38. The fourth-order valence-corrected chi connectivity index (χ4v) is 2.61. The minimum absolute atomic E-state index is 0.196. The number of alkyl halides is 3. The van der Waals surface area contributed by atoms with Crippen LogP contribution >= 0.6 is 0 Å². The van der Waals surface area contributed by atoms with Crippen molar-refractivity contribution in [3.63, 3.8) is 0 Å². The molecule has 144 valence electrons. The number of amides is 1. The Morgan fingerprint density at radius 1 is 1.22 bits per heavy atom. The van der Waals surface area contributed by atoms with Gasteiger partial charge in [0.2, 0.25) is 5.91 Å². The van der Waals surface area contributed by atoms with Gasteiger partial charge in [-0.15, -0.1) is 0 Å². The molecule has 0 aliphatic carbocycles. The molecule has 1 aliphatic rings. The third-order valence-electron chi connectivity index (χ3n) is 3.84. The summed E-state index contributed by atoms with van der Waals surface area (Å²) < 4.78 is 31.7. The maximum atomic E-state index is 11.3. The van der Waals surface area contributed by atoms with Gasteiger partial charge >= 0.3 is 12.1 Å². The second-order valence-electron chi connectivity index (χ2n) is 5.76. The lowest BCUT2D eigenvalue weighted by atomic mass is 10.1. The number of aliphatic carboxylic acids is 1. The maximum absolute atomic E-state index is 11.3. The van der Waals surface area contributed by atoms with E-state index in [1.54, 1.807) is 0 Å². The van der Waals surface area contributed by atoms with Gasteiger partial charge in [0.05, 0.1) is 0 Å². The largest absolute Gasteiger partial charge is 0.490 e. The zero-order valence-electron chi connectivity index (χ0n) is 14.3. The van der Waals surface area contributed by atoms with E-state index in [1.807, 2.05) is 30.5 Å². The average Bonchev–Trinajstić information content (AvgIpc) is 3.15. The Kier molecular flexibility index (Phi) is 6.38. The van der Waals surface area contributed by atoms with Crippen molar-refractivity contribution in [2.24, 2.45) is 0 Å². The molecule has 0 spiro atoms. The number of carbonyl (C=O) groups is 2. The quantitative estimate of drug-likeness (QED) is 0.794. The highest BCUT2D eigenvalue weighted by Crippen LogP contribution is 2.28. The molecule has 0 atom stereocenters. The number of carboxylic acid groups (broad SMARTS) is 1. The Balaban J connectivity index is 0.000000321. The number of hydrogen-bond donors (Lipinski definition) is 2. The van der Waals surface area contributed by atoms with Crippen LogP contribution in [0.15, 0.2) is 43.1 Å². The number of aromatic nitrogens is 1. The van der Waals surface area contributed by atoms with Crippen LogP contribution in [-0.2, 0) is 9.59 Å². The van der Waals surface area contributed by atoms with E-state index in [9.17, 15) is 18.0 Å². The van der Waals surface area contributed by atoms with Crippen LogP contribution in [0.25, 0.3) is 10.8 Å². The van der Waals surface area contributed by atoms with E-state index in [2.05, 4.69) is 21.8 Å². The van der Waals surface area contributed by atoms with E-state index >= 15 is 0 Å². The normalized spacial score (nSPS) is 13.7. The van der Waals surface area contributed by atoms with Gasteiger partial charge in [-0.3, -0.25) is 4.79 Å². The summed E-state index contributed by atoms with van der Waals surface area (Å²) in [5, 5.41) is 12.1. The van der Waals surface area contributed by atoms with Crippen molar-refractivity contribution < 1.29 is 27.9 Å². The number of benzene rings is 1. The zero-order chi connectivity index (χ0) is 20.0. The number of nitrogens with zero attached hydrogens (tertiary/aromatic N) is 2. The molecule has 1 fully saturated rings. The van der Waals surface area contributed by atoms with Gasteiger partial charge in [0.15, 0.2) is 0 Å². The molecule has 2 heterocycles. The predicted octanol–water partition coefficient (Wildman–Crippen LogP) is 3.59. The van der Waals surface area contributed by atoms with E-state index in [4.69, 9.17) is 9.90 Å². The molecule has 0 bridgehead atoms. The van der Waals surface area contributed by atoms with Gasteiger partial charge < -0.3 is 15.3 Å². The standard InChI is InChI=1S/C16H17N3O.C2HF3O2/c1-2-15(20)18-13-5-6-14-12(11-13)7-8-17-16(14)19-9-3-4-10-19;3-2(4,5)1(6)7/h2,5-8,11H,1,3-4,9-10H2,(H,18,20);(H,6,7). The Morgan fingerprint density at radius 3 is 2.41 bits per heavy atom. The van der Waals surface area contributed by atoms with Gasteiger partial charge in [-0.2, -0.15) is 13.2 Å². The maximum Gasteiger partial charge on any atom is 0.490 e. The SMILES string of the molecule is C=CC(=O)Nc1ccc2c(N3CCCC3)nccc2c1.O=C(O)C(F)(F)F. The minimum Gasteiger partial charge on any atom is -0.475 e. The Labute approximate surface area is 153 Å². The van der Waals surface area contributed by atoms with Crippen molar-refractivity contribution >= 4 is 34.2 Å². The molecule has 1 aromatic heterocycles. The number of hydrogen-bond acceptors (Lipinski definition) is 4. The predicted molar refractivity (Wildman–Crippen MR) is 95.7 cm³/mol. The lowest BCUT2D eigenvalue weighted by Crippen LogP contribution is -2.21. The van der Waals surface area contributed by atoms with Crippen molar-refractivity contribution in [3.8, 4) is 0 Å². The highest BCUT2D eigenvalue weighted by atomic mass is 19.4. The number of nitrogens with one attached hydrogen (secondary N) is 1. The molecule has 2 aromatic rings. The van der Waals surface area contributed by atoms with Gasteiger partial charge in [-0.05, 0) is 48.6 Å². The topological polar surface area (TPSA) is 82.5 Å². The Hall–Kier alpha value is -3.10. The second-order valence-corrected chi connectivity index (χ2v) is 5.76. The lowest BCUT2D eigenvalue weighted by Gasteiger charge is -2.18. The van der Waals surface area contributed by atoms with Gasteiger partial charge in [0, 0.05) is 30.4 Å². The van der Waals surface area contributed by atoms with Crippen molar-refractivity contribution in [2.75, 3.05) is 23.3 Å². The summed E-state index contributed by atoms with van der Waals surface area (Å²) in [6.45, 7) is 5.60. The number of pyridine rings is 1. The fraction of sp³-hybridized carbons (Fsp3) is 0.278. The summed E-state index contributed by atoms with van der Waals surface area (Å²) in [7, 11) is 0. The molecule has 2 N–H and O–H groups in total. The first-order valence-electron chi connectivity index (χ1n) is 8.09. The van der Waals surface area contributed by atoms with Crippen LogP contribution in [-0.4, -0.2) is 41.2 Å². The molecular formula is C18H18F3N3O3. The molecule has 1 saturated heterocycles. The lowest BCUT2D eigenvalue weighted by molar-refractivity contribution is -0.192. The highest BCUT2D eigenvalue weighted by molar-refractivity contribution is 6.01. The molecule has 6 nitrogen and oxygen atoms in total. The van der Waals surface area contributed by atoms with Crippen molar-refractivity contribution in [1.29, 1.82) is 0 Å². The first-order chi connectivity index (χ1) is 12.7. The van der Waals surface area contributed by atoms with Gasteiger partial charge in [-0.1, -0.05) is 6.58 Å². The van der Waals surface area contributed by atoms with Crippen LogP contribution in [0.1, 0.15) is 12.8 Å². The molecule has 1 aliphatic heterocycles. The number of halogens is 3. The fourth-order valence-electron chi connectivity index (χ4n) is 2.61. The van der Waals surface area contributed by atoms with Crippen LogP contribution in [0.2, 0.25) is 0 Å². The smallest absolute Gasteiger partial charge is 0.475 e. The monoisotopic (exact) mass is 381 g/mol. The third-order valence-corrected chi connectivity index (χ3v) is 3.84. The average molecular weight is 381 g/mol. The summed E-state index contributed by atoms with van der Waals surface area (Å²) in [4.78, 5) is 27.1. The van der Waals surface area contributed by atoms with Crippen molar-refractivity contribution in [3.05, 3.63) is 43.1 Å². The Bertz CT molecular complexity index is 847. The van der Waals surface area contributed by atoms with Gasteiger partial charge in [-0.25, -0.2) is 9.78 Å². The molecular weight excluding hydrogens is 363 g/mol. The van der Waals surface area contributed by atoms with E-state index in [0.717, 1.165) is 35.4 Å². The van der Waals surface area contributed by atoms with Gasteiger partial charge in [0.1, 0.15) is 5.82 Å². The molecule has 27 heavy (non-hydrogen) atoms. The van der Waals surface area contributed by atoms with E-state index in [1.165, 1.54) is 18.9 Å². The summed E-state index contributed by atoms with van der Waals surface area (Å²) in [5.74, 6) is -1.91. The zero-order valence-corrected chi connectivity index (χ0v) is 14.3. The molecule has 0 radical (unpaired) electrons. The van der Waals surface area contributed by atoms with E-state index in [-0.39, 0.29) is 5.91 Å². The molecule has 9 heteroatoms. The number of carboxylic acids is 1. The number of fused-ring (bicyclic) bond motifs is 1. The van der Waals surface area contributed by atoms with Crippen molar-refractivity contribution in [2.45, 2.75) is 19.0 Å². The van der Waals surface area contributed by atoms with E-state index < -0.39 is 12.1 Å². The number of anilines is 2. The second kappa shape index (κ2) is 8.52. The molecule has 0 saturated carbocycles. The van der Waals surface area contributed by atoms with E-state index in [0.29, 0.717) is 0 Å². The van der Waals surface area contributed by atoms with Crippen molar-refractivity contribution in [1.82, 2.24) is 4.98 Å². The molecule has 1 amide bonds. The van der Waals surface area contributed by atoms with Crippen LogP contribution < -0.4 is 10.2 Å². The first-order valence-corrected chi connectivity index (χ1v) is 8.09. The summed E-state index contributed by atoms with van der Waals surface area (Å²) in [5.41, 5.74) is 0.779. The van der Waals surface area contributed by atoms with Crippen LogP contribution in [0, 0.1) is 0 Å². The number of rotatable bonds is 3. The summed E-state index contributed by atoms with van der Waals surface area (Å²) in [6.07, 6.45) is 0.471.